The van der Waals surface area contributed by atoms with Gasteiger partial charge in [-0.1, -0.05) is 35.5 Å². The summed E-state index contributed by atoms with van der Waals surface area (Å²) in [6, 6.07) is 21.1. The van der Waals surface area contributed by atoms with Gasteiger partial charge in [0.1, 0.15) is 5.75 Å². The maximum Gasteiger partial charge on any atom is 0.262 e. The third-order valence-corrected chi connectivity index (χ3v) is 5.29. The number of ether oxygens (including phenoxy) is 1. The number of rotatable bonds is 7. The van der Waals surface area contributed by atoms with Gasteiger partial charge in [0.05, 0.1) is 5.56 Å². The van der Waals surface area contributed by atoms with E-state index in [1.54, 1.807) is 6.07 Å². The lowest BCUT2D eigenvalue weighted by Gasteiger charge is -2.13. The van der Waals surface area contributed by atoms with Gasteiger partial charge in [-0.25, -0.2) is 0 Å². The van der Waals surface area contributed by atoms with Gasteiger partial charge < -0.3 is 19.5 Å². The van der Waals surface area contributed by atoms with Crippen LogP contribution in [0.4, 0.5) is 11.4 Å². The van der Waals surface area contributed by atoms with Crippen molar-refractivity contribution in [1.82, 2.24) is 10.1 Å². The number of hydrogen-bond acceptors (Lipinski definition) is 6. The molecule has 0 aliphatic rings. The van der Waals surface area contributed by atoms with Crippen LogP contribution in [-0.2, 0) is 4.79 Å². The molecule has 7 nitrogen and oxygen atoms in total. The molecule has 168 valence electrons. The molecule has 0 unspecified atom stereocenters. The van der Waals surface area contributed by atoms with Crippen molar-refractivity contribution in [1.29, 1.82) is 0 Å². The molecule has 0 saturated carbocycles. The van der Waals surface area contributed by atoms with E-state index in [1.165, 1.54) is 0 Å². The van der Waals surface area contributed by atoms with Crippen LogP contribution in [-0.4, -0.2) is 36.8 Å². The monoisotopic (exact) mass is 442 g/mol. The van der Waals surface area contributed by atoms with Crippen molar-refractivity contribution in [3.05, 3.63) is 77.9 Å². The van der Waals surface area contributed by atoms with Crippen LogP contribution in [0.15, 0.2) is 71.3 Å². The Kier molecular flexibility index (Phi) is 6.40. The Morgan fingerprint density at radius 1 is 0.970 bits per heavy atom. The van der Waals surface area contributed by atoms with E-state index in [4.69, 9.17) is 9.26 Å². The van der Waals surface area contributed by atoms with Gasteiger partial charge in [-0.3, -0.25) is 4.79 Å². The predicted molar refractivity (Wildman–Crippen MR) is 130 cm³/mol. The zero-order valence-corrected chi connectivity index (χ0v) is 19.1. The van der Waals surface area contributed by atoms with E-state index < -0.39 is 0 Å². The van der Waals surface area contributed by atoms with Crippen molar-refractivity contribution in [2.24, 2.45) is 0 Å². The first kappa shape index (κ1) is 22.1. The number of anilines is 2. The number of hydrogen-bond donors (Lipinski definition) is 1. The van der Waals surface area contributed by atoms with Gasteiger partial charge in [0.15, 0.2) is 6.61 Å². The highest BCUT2D eigenvalue weighted by atomic mass is 16.5. The van der Waals surface area contributed by atoms with Crippen LogP contribution in [0, 0.1) is 13.8 Å². The Labute approximate surface area is 193 Å². The van der Waals surface area contributed by atoms with Gasteiger partial charge in [0.25, 0.3) is 11.8 Å². The van der Waals surface area contributed by atoms with E-state index >= 15 is 0 Å². The normalized spacial score (nSPS) is 10.7. The number of amides is 1. The lowest BCUT2D eigenvalue weighted by atomic mass is 10.1. The molecule has 1 aromatic heterocycles. The zero-order valence-electron chi connectivity index (χ0n) is 19.1. The maximum atomic E-state index is 12.5. The summed E-state index contributed by atoms with van der Waals surface area (Å²) >= 11 is 0. The van der Waals surface area contributed by atoms with Gasteiger partial charge >= 0.3 is 0 Å². The summed E-state index contributed by atoms with van der Waals surface area (Å²) in [6.07, 6.45) is 0. The van der Waals surface area contributed by atoms with E-state index in [1.807, 2.05) is 93.5 Å². The molecular weight excluding hydrogens is 416 g/mol. The van der Waals surface area contributed by atoms with Gasteiger partial charge in [0, 0.05) is 31.0 Å². The van der Waals surface area contributed by atoms with E-state index in [-0.39, 0.29) is 12.5 Å². The minimum Gasteiger partial charge on any atom is -0.483 e. The highest BCUT2D eigenvalue weighted by molar-refractivity contribution is 5.93. The number of nitrogens with one attached hydrogen (secondary N) is 1. The summed E-state index contributed by atoms with van der Waals surface area (Å²) in [4.78, 5) is 19.1. The smallest absolute Gasteiger partial charge is 0.262 e. The summed E-state index contributed by atoms with van der Waals surface area (Å²) in [5.41, 5.74) is 5.37. The van der Waals surface area contributed by atoms with Gasteiger partial charge in [0.2, 0.25) is 5.82 Å². The van der Waals surface area contributed by atoms with Crippen LogP contribution in [0.1, 0.15) is 11.1 Å². The first-order valence-corrected chi connectivity index (χ1v) is 10.6. The number of para-hydroxylation sites is 2. The van der Waals surface area contributed by atoms with Crippen LogP contribution in [0.25, 0.3) is 22.8 Å². The van der Waals surface area contributed by atoms with Gasteiger partial charge in [-0.15, -0.1) is 0 Å². The molecule has 33 heavy (non-hydrogen) atoms. The number of carbonyl (C=O) groups is 1. The molecule has 1 N–H and O–H groups in total. The van der Waals surface area contributed by atoms with Crippen LogP contribution in [0.3, 0.4) is 0 Å². The van der Waals surface area contributed by atoms with E-state index in [9.17, 15) is 4.79 Å². The lowest BCUT2D eigenvalue weighted by molar-refractivity contribution is -0.118. The van der Waals surface area contributed by atoms with Crippen molar-refractivity contribution in [2.45, 2.75) is 13.8 Å². The first-order chi connectivity index (χ1) is 15.9. The minimum atomic E-state index is -0.241. The van der Waals surface area contributed by atoms with Gasteiger partial charge in [-0.2, -0.15) is 4.98 Å². The molecule has 0 spiro atoms. The molecule has 4 aromatic rings. The molecule has 4 rings (SSSR count). The first-order valence-electron chi connectivity index (χ1n) is 10.6. The third kappa shape index (κ3) is 5.03. The number of carbonyl (C=O) groups excluding carboxylic acids is 1. The fourth-order valence-electron chi connectivity index (χ4n) is 3.46. The number of nitrogens with zero attached hydrogens (tertiary/aromatic N) is 3. The molecule has 1 amide bonds. The Morgan fingerprint density at radius 3 is 2.36 bits per heavy atom. The molecule has 7 heteroatoms. The molecule has 3 aromatic carbocycles. The fraction of sp³-hybridized carbons (Fsp3) is 0.192. The minimum absolute atomic E-state index is 0.141. The van der Waals surface area contributed by atoms with E-state index in [0.29, 0.717) is 23.0 Å². The molecule has 0 radical (unpaired) electrons. The highest BCUT2D eigenvalue weighted by Crippen LogP contribution is 2.30. The topological polar surface area (TPSA) is 80.5 Å². The molecule has 0 saturated heterocycles. The number of benzene rings is 3. The van der Waals surface area contributed by atoms with Crippen LogP contribution < -0.4 is 15.0 Å². The molecule has 0 bridgehead atoms. The number of aryl methyl sites for hydroxylation is 2. The Balaban J connectivity index is 1.48. The summed E-state index contributed by atoms with van der Waals surface area (Å²) in [6.45, 7) is 3.78. The zero-order chi connectivity index (χ0) is 23.4. The summed E-state index contributed by atoms with van der Waals surface area (Å²) in [5, 5.41) is 7.04. The fourth-order valence-corrected chi connectivity index (χ4v) is 3.46. The second kappa shape index (κ2) is 9.56. The second-order valence-electron chi connectivity index (χ2n) is 7.96. The quantitative estimate of drug-likeness (QED) is 0.429. The number of aromatic nitrogens is 2. The Hall–Kier alpha value is -4.13. The second-order valence-corrected chi connectivity index (χ2v) is 7.96. The van der Waals surface area contributed by atoms with Crippen molar-refractivity contribution < 1.29 is 14.1 Å². The third-order valence-electron chi connectivity index (χ3n) is 5.29. The highest BCUT2D eigenvalue weighted by Gasteiger charge is 2.16. The average Bonchev–Trinajstić information content (AvgIpc) is 3.30. The molecule has 0 fully saturated rings. The molecule has 1 heterocycles. The summed E-state index contributed by atoms with van der Waals surface area (Å²) in [7, 11) is 3.97. The van der Waals surface area contributed by atoms with Crippen molar-refractivity contribution in [2.75, 3.05) is 30.9 Å². The van der Waals surface area contributed by atoms with Crippen molar-refractivity contribution >= 4 is 17.3 Å². The molecule has 0 aliphatic heterocycles. The average molecular weight is 443 g/mol. The maximum absolute atomic E-state index is 12.5. The largest absolute Gasteiger partial charge is 0.483 e. The lowest BCUT2D eigenvalue weighted by Crippen LogP contribution is -2.21. The van der Waals surface area contributed by atoms with Crippen LogP contribution >= 0.6 is 0 Å². The van der Waals surface area contributed by atoms with Crippen LogP contribution in [0.5, 0.6) is 5.75 Å². The van der Waals surface area contributed by atoms with Crippen molar-refractivity contribution in [3.63, 3.8) is 0 Å². The SMILES string of the molecule is Cc1cccc(C)c1NC(=O)COc1ccccc1-c1nc(-c2ccc(N(C)C)cc2)no1. The molecule has 0 aliphatic carbocycles. The molecule has 0 atom stereocenters. The standard InChI is InChI=1S/C26H26N4O3/c1-17-8-7-9-18(2)24(17)27-23(31)16-32-22-11-6-5-10-21(22)26-28-25(29-33-26)19-12-14-20(15-13-19)30(3)4/h5-15H,16H2,1-4H3,(H,27,31). The Morgan fingerprint density at radius 2 is 1.67 bits per heavy atom. The van der Waals surface area contributed by atoms with E-state index in [0.717, 1.165) is 28.1 Å². The van der Waals surface area contributed by atoms with E-state index in [2.05, 4.69) is 15.5 Å². The van der Waals surface area contributed by atoms with Crippen molar-refractivity contribution in [3.8, 4) is 28.6 Å². The summed E-state index contributed by atoms with van der Waals surface area (Å²) in [5.74, 6) is 1.06. The Bertz CT molecular complexity index is 1240. The molecular formula is C26H26N4O3. The van der Waals surface area contributed by atoms with Gasteiger partial charge in [-0.05, 0) is 61.4 Å². The summed E-state index contributed by atoms with van der Waals surface area (Å²) < 4.78 is 11.3. The van der Waals surface area contributed by atoms with Crippen LogP contribution in [0.2, 0.25) is 0 Å². The predicted octanol–water partition coefficient (Wildman–Crippen LogP) is 5.10.